The number of imidazole rings is 1. The van der Waals surface area contributed by atoms with Crippen molar-refractivity contribution in [1.29, 1.82) is 0 Å². The average Bonchev–Trinajstić information content (AvgIpc) is 2.62. The Labute approximate surface area is 108 Å². The molecule has 0 amide bonds. The molecule has 0 radical (unpaired) electrons. The summed E-state index contributed by atoms with van der Waals surface area (Å²) in [6, 6.07) is 6.32. The normalized spacial score (nSPS) is 17.9. The van der Waals surface area contributed by atoms with E-state index in [-0.39, 0.29) is 0 Å². The highest BCUT2D eigenvalue weighted by molar-refractivity contribution is 5.81. The number of rotatable bonds is 3. The fourth-order valence-corrected chi connectivity index (χ4v) is 3.11. The van der Waals surface area contributed by atoms with Crippen LogP contribution < -0.4 is 5.73 Å². The van der Waals surface area contributed by atoms with Gasteiger partial charge in [0.05, 0.1) is 11.0 Å². The SMILES string of the molecule is CCC1(Cn2c(N)nc3c(C)cccc32)CCC1. The van der Waals surface area contributed by atoms with Crippen LogP contribution in [0.15, 0.2) is 18.2 Å². The largest absolute Gasteiger partial charge is 0.369 e. The Kier molecular flexibility index (Phi) is 2.58. The molecule has 1 heterocycles. The Hall–Kier alpha value is -1.51. The number of para-hydroxylation sites is 1. The molecule has 0 saturated heterocycles. The van der Waals surface area contributed by atoms with E-state index < -0.39 is 0 Å². The molecular weight excluding hydrogens is 222 g/mol. The lowest BCUT2D eigenvalue weighted by molar-refractivity contribution is 0.103. The summed E-state index contributed by atoms with van der Waals surface area (Å²) in [6.07, 6.45) is 5.25. The van der Waals surface area contributed by atoms with Crippen molar-refractivity contribution in [2.24, 2.45) is 5.41 Å². The highest BCUT2D eigenvalue weighted by atomic mass is 15.2. The molecule has 1 aromatic carbocycles. The molecule has 1 aliphatic rings. The van der Waals surface area contributed by atoms with Crippen LogP contribution >= 0.6 is 0 Å². The van der Waals surface area contributed by atoms with E-state index in [1.54, 1.807) is 0 Å². The topological polar surface area (TPSA) is 43.8 Å². The number of hydrogen-bond acceptors (Lipinski definition) is 2. The number of aryl methyl sites for hydroxylation is 1. The highest BCUT2D eigenvalue weighted by Gasteiger charge is 2.36. The Bertz CT molecular complexity index is 573. The zero-order chi connectivity index (χ0) is 12.8. The summed E-state index contributed by atoms with van der Waals surface area (Å²) in [6.45, 7) is 5.41. The van der Waals surface area contributed by atoms with Crippen LogP contribution in [0.2, 0.25) is 0 Å². The summed E-state index contributed by atoms with van der Waals surface area (Å²) in [7, 11) is 0. The van der Waals surface area contributed by atoms with Crippen molar-refractivity contribution in [1.82, 2.24) is 9.55 Å². The molecule has 0 spiro atoms. The predicted molar refractivity (Wildman–Crippen MR) is 75.5 cm³/mol. The third-order valence-corrected chi connectivity index (χ3v) is 4.67. The molecule has 0 aliphatic heterocycles. The number of fused-ring (bicyclic) bond motifs is 1. The van der Waals surface area contributed by atoms with Crippen LogP contribution in [0.1, 0.15) is 38.2 Å². The lowest BCUT2D eigenvalue weighted by Crippen LogP contribution is -2.33. The van der Waals surface area contributed by atoms with Crippen molar-refractivity contribution in [3.63, 3.8) is 0 Å². The van der Waals surface area contributed by atoms with Gasteiger partial charge in [0.25, 0.3) is 0 Å². The third-order valence-electron chi connectivity index (χ3n) is 4.67. The quantitative estimate of drug-likeness (QED) is 0.896. The molecule has 1 aromatic heterocycles. The minimum Gasteiger partial charge on any atom is -0.369 e. The first-order chi connectivity index (χ1) is 8.65. The number of nitrogens with two attached hydrogens (primary N) is 1. The highest BCUT2D eigenvalue weighted by Crippen LogP contribution is 2.46. The van der Waals surface area contributed by atoms with Crippen LogP contribution in [0.4, 0.5) is 5.95 Å². The maximum atomic E-state index is 6.11. The number of anilines is 1. The third kappa shape index (κ3) is 1.61. The first-order valence-electron chi connectivity index (χ1n) is 6.86. The van der Waals surface area contributed by atoms with Gasteiger partial charge in [-0.15, -0.1) is 0 Å². The van der Waals surface area contributed by atoms with Crippen molar-refractivity contribution < 1.29 is 0 Å². The van der Waals surface area contributed by atoms with Gasteiger partial charge in [-0.05, 0) is 43.2 Å². The number of hydrogen-bond donors (Lipinski definition) is 1. The van der Waals surface area contributed by atoms with Gasteiger partial charge >= 0.3 is 0 Å². The minimum atomic E-state index is 0.464. The Morgan fingerprint density at radius 3 is 2.78 bits per heavy atom. The van der Waals surface area contributed by atoms with Crippen molar-refractivity contribution in [3.8, 4) is 0 Å². The average molecular weight is 243 g/mol. The first-order valence-corrected chi connectivity index (χ1v) is 6.86. The minimum absolute atomic E-state index is 0.464. The second-order valence-electron chi connectivity index (χ2n) is 5.71. The first kappa shape index (κ1) is 11.6. The molecule has 3 nitrogen and oxygen atoms in total. The lowest BCUT2D eigenvalue weighted by atomic mass is 9.67. The van der Waals surface area contributed by atoms with E-state index in [2.05, 4.69) is 41.6 Å². The van der Waals surface area contributed by atoms with Gasteiger partial charge in [-0.1, -0.05) is 25.5 Å². The molecule has 0 unspecified atom stereocenters. The van der Waals surface area contributed by atoms with E-state index in [1.165, 1.54) is 36.8 Å². The standard InChI is InChI=1S/C15H21N3/c1-3-15(8-5-9-15)10-18-12-7-4-6-11(2)13(12)17-14(18)16/h4,6-7H,3,5,8-10H2,1-2H3,(H2,16,17). The monoisotopic (exact) mass is 243 g/mol. The van der Waals surface area contributed by atoms with Crippen molar-refractivity contribution in [2.75, 3.05) is 5.73 Å². The smallest absolute Gasteiger partial charge is 0.201 e. The maximum Gasteiger partial charge on any atom is 0.201 e. The summed E-state index contributed by atoms with van der Waals surface area (Å²) < 4.78 is 2.21. The van der Waals surface area contributed by atoms with Gasteiger partial charge in [0.1, 0.15) is 0 Å². The fourth-order valence-electron chi connectivity index (χ4n) is 3.11. The zero-order valence-corrected chi connectivity index (χ0v) is 11.2. The van der Waals surface area contributed by atoms with Crippen molar-refractivity contribution in [2.45, 2.75) is 46.1 Å². The summed E-state index contributed by atoms with van der Waals surface area (Å²) >= 11 is 0. The number of nitrogen functional groups attached to an aromatic ring is 1. The van der Waals surface area contributed by atoms with E-state index in [4.69, 9.17) is 5.73 Å². The van der Waals surface area contributed by atoms with Crippen molar-refractivity contribution in [3.05, 3.63) is 23.8 Å². The van der Waals surface area contributed by atoms with Crippen LogP contribution in [0.25, 0.3) is 11.0 Å². The zero-order valence-electron chi connectivity index (χ0n) is 11.2. The van der Waals surface area contributed by atoms with Gasteiger partial charge in [0.15, 0.2) is 0 Å². The van der Waals surface area contributed by atoms with Crippen molar-refractivity contribution >= 4 is 17.0 Å². The molecule has 1 aliphatic carbocycles. The van der Waals surface area contributed by atoms with E-state index in [0.29, 0.717) is 11.4 Å². The molecule has 0 bridgehead atoms. The second-order valence-corrected chi connectivity index (χ2v) is 5.71. The molecule has 3 heteroatoms. The summed E-state index contributed by atoms with van der Waals surface area (Å²) in [5, 5.41) is 0. The summed E-state index contributed by atoms with van der Waals surface area (Å²) in [5.74, 6) is 0.666. The Balaban J connectivity index is 2.06. The number of aromatic nitrogens is 2. The van der Waals surface area contributed by atoms with E-state index in [9.17, 15) is 0 Å². The van der Waals surface area contributed by atoms with E-state index in [1.807, 2.05) is 0 Å². The van der Waals surface area contributed by atoms with E-state index >= 15 is 0 Å². The van der Waals surface area contributed by atoms with Crippen LogP contribution in [0, 0.1) is 12.3 Å². The van der Waals surface area contributed by atoms with Gasteiger partial charge in [0, 0.05) is 6.54 Å². The Morgan fingerprint density at radius 2 is 2.17 bits per heavy atom. The van der Waals surface area contributed by atoms with E-state index in [0.717, 1.165) is 12.1 Å². The molecule has 18 heavy (non-hydrogen) atoms. The fraction of sp³-hybridized carbons (Fsp3) is 0.533. The molecule has 2 N–H and O–H groups in total. The van der Waals surface area contributed by atoms with Gasteiger partial charge < -0.3 is 10.3 Å². The second kappa shape index (κ2) is 4.01. The van der Waals surface area contributed by atoms with Gasteiger partial charge in [-0.25, -0.2) is 4.98 Å². The van der Waals surface area contributed by atoms with Gasteiger partial charge in [0.2, 0.25) is 5.95 Å². The maximum absolute atomic E-state index is 6.11. The number of nitrogens with zero attached hydrogens (tertiary/aromatic N) is 2. The van der Waals surface area contributed by atoms with Gasteiger partial charge in [-0.3, -0.25) is 0 Å². The molecule has 96 valence electrons. The van der Waals surface area contributed by atoms with Crippen LogP contribution in [0.3, 0.4) is 0 Å². The van der Waals surface area contributed by atoms with Gasteiger partial charge in [-0.2, -0.15) is 0 Å². The van der Waals surface area contributed by atoms with Crippen LogP contribution in [-0.4, -0.2) is 9.55 Å². The summed E-state index contributed by atoms with van der Waals surface area (Å²) in [5.41, 5.74) is 10.0. The Morgan fingerprint density at radius 1 is 1.39 bits per heavy atom. The molecule has 2 aromatic rings. The molecular formula is C15H21N3. The molecule has 1 saturated carbocycles. The molecule has 0 atom stereocenters. The summed E-state index contributed by atoms with van der Waals surface area (Å²) in [4.78, 5) is 4.53. The van der Waals surface area contributed by atoms with Crippen LogP contribution in [-0.2, 0) is 6.54 Å². The molecule has 1 fully saturated rings. The lowest BCUT2D eigenvalue weighted by Gasteiger charge is -2.41. The predicted octanol–water partition coefficient (Wildman–Crippen LogP) is 3.51. The molecule has 3 rings (SSSR count). The van der Waals surface area contributed by atoms with Crippen LogP contribution in [0.5, 0.6) is 0 Å². The number of benzene rings is 1.